The second-order valence-electron chi connectivity index (χ2n) is 3.40. The van der Waals surface area contributed by atoms with Gasteiger partial charge < -0.3 is 14.8 Å². The van der Waals surface area contributed by atoms with E-state index in [1.54, 1.807) is 7.11 Å². The summed E-state index contributed by atoms with van der Waals surface area (Å²) >= 11 is 0. The Morgan fingerprint density at radius 1 is 1.67 bits per heavy atom. The van der Waals surface area contributed by atoms with Gasteiger partial charge in [-0.3, -0.25) is 0 Å². The van der Waals surface area contributed by atoms with Crippen molar-refractivity contribution in [2.45, 2.75) is 31.9 Å². The monoisotopic (exact) mass is 173 g/mol. The van der Waals surface area contributed by atoms with Crippen LogP contribution in [0.5, 0.6) is 0 Å². The lowest BCUT2D eigenvalue weighted by molar-refractivity contribution is 0.101. The van der Waals surface area contributed by atoms with Gasteiger partial charge in [0.2, 0.25) is 0 Å². The molecule has 1 aliphatic heterocycles. The van der Waals surface area contributed by atoms with Crippen LogP contribution in [0.3, 0.4) is 0 Å². The largest absolute Gasteiger partial charge is 0.383 e. The number of ether oxygens (including phenoxy) is 2. The highest BCUT2D eigenvalue weighted by Crippen LogP contribution is 2.10. The van der Waals surface area contributed by atoms with E-state index in [4.69, 9.17) is 9.47 Å². The zero-order valence-electron chi connectivity index (χ0n) is 8.01. The molecule has 1 saturated heterocycles. The van der Waals surface area contributed by atoms with Gasteiger partial charge in [-0.2, -0.15) is 0 Å². The maximum atomic E-state index is 5.48. The smallest absolute Gasteiger partial charge is 0.0700 e. The Kier molecular flexibility index (Phi) is 4.58. The van der Waals surface area contributed by atoms with Crippen LogP contribution in [0.1, 0.15) is 19.8 Å². The van der Waals surface area contributed by atoms with Gasteiger partial charge in [0.25, 0.3) is 0 Å². The highest BCUT2D eigenvalue weighted by molar-refractivity contribution is 4.69. The van der Waals surface area contributed by atoms with Crippen LogP contribution in [-0.4, -0.2) is 39.0 Å². The van der Waals surface area contributed by atoms with Crippen LogP contribution < -0.4 is 5.32 Å². The molecule has 1 rings (SSSR count). The van der Waals surface area contributed by atoms with Crippen LogP contribution in [0.15, 0.2) is 0 Å². The zero-order chi connectivity index (χ0) is 8.81. The molecule has 1 aliphatic rings. The van der Waals surface area contributed by atoms with E-state index in [9.17, 15) is 0 Å². The Labute approximate surface area is 74.4 Å². The molecule has 0 amide bonds. The molecule has 0 aromatic heterocycles. The minimum atomic E-state index is 0.430. The topological polar surface area (TPSA) is 30.5 Å². The van der Waals surface area contributed by atoms with Gasteiger partial charge in [-0.25, -0.2) is 0 Å². The lowest BCUT2D eigenvalue weighted by atomic mass is 10.2. The van der Waals surface area contributed by atoms with Gasteiger partial charge in [0.05, 0.1) is 12.7 Å². The van der Waals surface area contributed by atoms with Crippen molar-refractivity contribution in [3.05, 3.63) is 0 Å². The van der Waals surface area contributed by atoms with E-state index < -0.39 is 0 Å². The van der Waals surface area contributed by atoms with E-state index in [0.29, 0.717) is 12.1 Å². The van der Waals surface area contributed by atoms with E-state index in [1.807, 2.05) is 0 Å². The molecule has 1 N–H and O–H groups in total. The Balaban J connectivity index is 1.99. The molecule has 0 aliphatic carbocycles. The Bertz CT molecular complexity index is 113. The first kappa shape index (κ1) is 9.96. The van der Waals surface area contributed by atoms with Crippen LogP contribution in [-0.2, 0) is 9.47 Å². The summed E-state index contributed by atoms with van der Waals surface area (Å²) in [6.07, 6.45) is 2.85. The molecule has 0 aromatic carbocycles. The third-order valence-corrected chi connectivity index (χ3v) is 2.13. The molecule has 1 fully saturated rings. The lowest BCUT2D eigenvalue weighted by Crippen LogP contribution is -2.36. The molecule has 0 aromatic rings. The molecule has 0 saturated carbocycles. The first-order valence-electron chi connectivity index (χ1n) is 4.67. The lowest BCUT2D eigenvalue weighted by Gasteiger charge is -2.15. The standard InChI is InChI=1S/C9H19NO2/c1-8(7-11-2)10-6-9-4-3-5-12-9/h8-10H,3-7H2,1-2H3/t8-,9-/m0/s1. The molecule has 3 nitrogen and oxygen atoms in total. The predicted octanol–water partition coefficient (Wildman–Crippen LogP) is 0.790. The van der Waals surface area contributed by atoms with Gasteiger partial charge in [0.1, 0.15) is 0 Å². The summed E-state index contributed by atoms with van der Waals surface area (Å²) < 4.78 is 10.5. The molecule has 1 heterocycles. The van der Waals surface area contributed by atoms with Crippen molar-refractivity contribution in [2.24, 2.45) is 0 Å². The maximum Gasteiger partial charge on any atom is 0.0700 e. The van der Waals surface area contributed by atoms with E-state index in [0.717, 1.165) is 19.8 Å². The van der Waals surface area contributed by atoms with Crippen molar-refractivity contribution in [1.82, 2.24) is 5.32 Å². The van der Waals surface area contributed by atoms with Gasteiger partial charge in [0.15, 0.2) is 0 Å². The van der Waals surface area contributed by atoms with Crippen LogP contribution in [0.25, 0.3) is 0 Å². The van der Waals surface area contributed by atoms with Crippen molar-refractivity contribution in [2.75, 3.05) is 26.9 Å². The Morgan fingerprint density at radius 3 is 3.08 bits per heavy atom. The van der Waals surface area contributed by atoms with Crippen molar-refractivity contribution in [3.8, 4) is 0 Å². The third-order valence-electron chi connectivity index (χ3n) is 2.13. The van der Waals surface area contributed by atoms with E-state index in [1.165, 1.54) is 12.8 Å². The molecule has 12 heavy (non-hydrogen) atoms. The summed E-state index contributed by atoms with van der Waals surface area (Å²) in [7, 11) is 1.73. The third kappa shape index (κ3) is 3.52. The first-order chi connectivity index (χ1) is 5.83. The minimum Gasteiger partial charge on any atom is -0.383 e. The van der Waals surface area contributed by atoms with Crippen molar-refractivity contribution in [1.29, 1.82) is 0 Å². The van der Waals surface area contributed by atoms with Crippen molar-refractivity contribution >= 4 is 0 Å². The summed E-state index contributed by atoms with van der Waals surface area (Å²) in [6.45, 7) is 4.79. The van der Waals surface area contributed by atoms with Gasteiger partial charge in [-0.1, -0.05) is 0 Å². The second-order valence-corrected chi connectivity index (χ2v) is 3.40. The minimum absolute atomic E-state index is 0.430. The average molecular weight is 173 g/mol. The van der Waals surface area contributed by atoms with Gasteiger partial charge in [0, 0.05) is 26.3 Å². The summed E-state index contributed by atoms with van der Waals surface area (Å²) in [4.78, 5) is 0. The molecule has 0 unspecified atom stereocenters. The van der Waals surface area contributed by atoms with Crippen LogP contribution in [0.2, 0.25) is 0 Å². The highest BCUT2D eigenvalue weighted by Gasteiger charge is 2.15. The van der Waals surface area contributed by atoms with Gasteiger partial charge in [-0.05, 0) is 19.8 Å². The van der Waals surface area contributed by atoms with E-state index in [-0.39, 0.29) is 0 Å². The molecular formula is C9H19NO2. The normalized spacial score (nSPS) is 26.0. The van der Waals surface area contributed by atoms with Crippen LogP contribution >= 0.6 is 0 Å². The molecule has 72 valence electrons. The fraction of sp³-hybridized carbons (Fsp3) is 1.00. The van der Waals surface area contributed by atoms with E-state index >= 15 is 0 Å². The Hall–Kier alpha value is -0.120. The van der Waals surface area contributed by atoms with Gasteiger partial charge in [-0.15, -0.1) is 0 Å². The number of hydrogen-bond acceptors (Lipinski definition) is 3. The molecule has 0 spiro atoms. The zero-order valence-corrected chi connectivity index (χ0v) is 8.01. The van der Waals surface area contributed by atoms with E-state index in [2.05, 4.69) is 12.2 Å². The molecule has 3 heteroatoms. The van der Waals surface area contributed by atoms with Crippen LogP contribution in [0, 0.1) is 0 Å². The summed E-state index contributed by atoms with van der Waals surface area (Å²) in [5.41, 5.74) is 0. The quantitative estimate of drug-likeness (QED) is 0.666. The molecule has 0 radical (unpaired) electrons. The van der Waals surface area contributed by atoms with Crippen LogP contribution in [0.4, 0.5) is 0 Å². The van der Waals surface area contributed by atoms with Gasteiger partial charge >= 0.3 is 0 Å². The number of rotatable bonds is 5. The predicted molar refractivity (Wildman–Crippen MR) is 48.3 cm³/mol. The second kappa shape index (κ2) is 5.51. The summed E-state index contributed by atoms with van der Waals surface area (Å²) in [6, 6.07) is 0.430. The fourth-order valence-corrected chi connectivity index (χ4v) is 1.45. The fourth-order valence-electron chi connectivity index (χ4n) is 1.45. The Morgan fingerprint density at radius 2 is 2.50 bits per heavy atom. The van der Waals surface area contributed by atoms with Crippen molar-refractivity contribution in [3.63, 3.8) is 0 Å². The number of hydrogen-bond donors (Lipinski definition) is 1. The number of methoxy groups -OCH3 is 1. The average Bonchev–Trinajstić information content (AvgIpc) is 2.53. The highest BCUT2D eigenvalue weighted by atomic mass is 16.5. The number of nitrogens with one attached hydrogen (secondary N) is 1. The molecule has 2 atom stereocenters. The first-order valence-corrected chi connectivity index (χ1v) is 4.67. The summed E-state index contributed by atoms with van der Waals surface area (Å²) in [5, 5.41) is 3.38. The SMILES string of the molecule is COC[C@H](C)NC[C@@H]1CCCO1. The maximum absolute atomic E-state index is 5.48. The van der Waals surface area contributed by atoms with Crippen molar-refractivity contribution < 1.29 is 9.47 Å². The summed E-state index contributed by atoms with van der Waals surface area (Å²) in [5.74, 6) is 0. The molecule has 0 bridgehead atoms. The molecular weight excluding hydrogens is 154 g/mol.